The Morgan fingerprint density at radius 2 is 2.11 bits per heavy atom. The van der Waals surface area contributed by atoms with E-state index in [0.29, 0.717) is 6.42 Å². The second kappa shape index (κ2) is 6.73. The van der Waals surface area contributed by atoms with Crippen LogP contribution in [0.4, 0.5) is 13.2 Å². The lowest BCUT2D eigenvalue weighted by Gasteiger charge is -2.41. The lowest BCUT2D eigenvalue weighted by atomic mass is 9.96. The van der Waals surface area contributed by atoms with Gasteiger partial charge in [-0.1, -0.05) is 6.92 Å². The maximum atomic E-state index is 11.8. The van der Waals surface area contributed by atoms with Gasteiger partial charge in [0.15, 0.2) is 0 Å². The van der Waals surface area contributed by atoms with E-state index in [0.717, 1.165) is 32.6 Å². The van der Waals surface area contributed by atoms with Crippen molar-refractivity contribution in [3.63, 3.8) is 0 Å². The van der Waals surface area contributed by atoms with Gasteiger partial charge in [0.25, 0.3) is 0 Å². The first-order valence-electron chi connectivity index (χ1n) is 6.46. The molecule has 0 amide bonds. The van der Waals surface area contributed by atoms with Crippen molar-refractivity contribution in [1.29, 1.82) is 0 Å². The fraction of sp³-hybridized carbons (Fsp3) is 1.00. The first-order valence-corrected chi connectivity index (χ1v) is 6.46. The van der Waals surface area contributed by atoms with Gasteiger partial charge in [-0.3, -0.25) is 0 Å². The van der Waals surface area contributed by atoms with Gasteiger partial charge in [-0.05, 0) is 19.8 Å². The number of ether oxygens (including phenoxy) is 1. The smallest absolute Gasteiger partial charge is 0.372 e. The molecule has 0 aromatic rings. The van der Waals surface area contributed by atoms with Crippen molar-refractivity contribution in [1.82, 2.24) is 10.2 Å². The molecule has 6 heteroatoms. The second-order valence-corrected chi connectivity index (χ2v) is 5.14. The van der Waals surface area contributed by atoms with E-state index in [1.807, 2.05) is 0 Å². The van der Waals surface area contributed by atoms with Gasteiger partial charge < -0.3 is 15.0 Å². The summed E-state index contributed by atoms with van der Waals surface area (Å²) in [6, 6.07) is 0. The molecule has 108 valence electrons. The number of halogens is 3. The molecule has 1 heterocycles. The highest BCUT2D eigenvalue weighted by Crippen LogP contribution is 2.16. The summed E-state index contributed by atoms with van der Waals surface area (Å²) in [5, 5.41) is 3.47. The van der Waals surface area contributed by atoms with Crippen LogP contribution in [0.3, 0.4) is 0 Å². The minimum atomic E-state index is -4.21. The normalized spacial score (nSPS) is 26.5. The van der Waals surface area contributed by atoms with Crippen LogP contribution in [-0.2, 0) is 4.74 Å². The van der Waals surface area contributed by atoms with Gasteiger partial charge in [0.1, 0.15) is 6.61 Å². The van der Waals surface area contributed by atoms with Crippen molar-refractivity contribution in [3.05, 3.63) is 0 Å². The Bertz CT molecular complexity index is 248. The molecule has 1 rings (SSSR count). The molecule has 1 atom stereocenters. The van der Waals surface area contributed by atoms with Crippen LogP contribution in [0.1, 0.15) is 26.7 Å². The van der Waals surface area contributed by atoms with Gasteiger partial charge in [0, 0.05) is 38.3 Å². The maximum absolute atomic E-state index is 11.8. The van der Waals surface area contributed by atoms with Crippen LogP contribution in [0.15, 0.2) is 0 Å². The second-order valence-electron chi connectivity index (χ2n) is 5.14. The Morgan fingerprint density at radius 1 is 1.39 bits per heavy atom. The van der Waals surface area contributed by atoms with E-state index < -0.39 is 12.8 Å². The standard InChI is InChI=1S/C12H23F3N2O/c1-3-11(2)9-17(7-5-16-11)6-4-8-18-10-12(13,14)15/h16H,3-10H2,1-2H3. The Morgan fingerprint density at radius 3 is 2.72 bits per heavy atom. The molecule has 0 aromatic heterocycles. The lowest BCUT2D eigenvalue weighted by molar-refractivity contribution is -0.174. The molecule has 1 aliphatic rings. The molecule has 0 saturated carbocycles. The number of alkyl halides is 3. The molecule has 0 radical (unpaired) electrons. The van der Waals surface area contributed by atoms with E-state index in [9.17, 15) is 13.2 Å². The highest BCUT2D eigenvalue weighted by atomic mass is 19.4. The van der Waals surface area contributed by atoms with Gasteiger partial charge in [-0.2, -0.15) is 13.2 Å². The fourth-order valence-corrected chi connectivity index (χ4v) is 2.15. The first-order chi connectivity index (χ1) is 8.35. The van der Waals surface area contributed by atoms with E-state index in [-0.39, 0.29) is 12.1 Å². The Balaban J connectivity index is 2.12. The number of rotatable bonds is 6. The van der Waals surface area contributed by atoms with Crippen LogP contribution in [0, 0.1) is 0 Å². The molecule has 0 aliphatic carbocycles. The average Bonchev–Trinajstić information content (AvgIpc) is 2.27. The summed E-state index contributed by atoms with van der Waals surface area (Å²) < 4.78 is 40.1. The topological polar surface area (TPSA) is 24.5 Å². The monoisotopic (exact) mass is 268 g/mol. The molecule has 1 fully saturated rings. The minimum absolute atomic E-state index is 0.130. The van der Waals surface area contributed by atoms with Crippen molar-refractivity contribution in [2.75, 3.05) is 39.4 Å². The summed E-state index contributed by atoms with van der Waals surface area (Å²) in [4.78, 5) is 2.29. The number of piperazine rings is 1. The SMILES string of the molecule is CCC1(C)CN(CCCOCC(F)(F)F)CCN1. The summed E-state index contributed by atoms with van der Waals surface area (Å²) in [6.07, 6.45) is -2.51. The molecular formula is C12H23F3N2O. The number of nitrogens with zero attached hydrogens (tertiary/aromatic N) is 1. The zero-order valence-electron chi connectivity index (χ0n) is 11.1. The zero-order valence-corrected chi connectivity index (χ0v) is 11.1. The number of nitrogens with one attached hydrogen (secondary N) is 1. The molecule has 0 aromatic carbocycles. The summed E-state index contributed by atoms with van der Waals surface area (Å²) in [6.45, 7) is 7.00. The number of hydrogen-bond acceptors (Lipinski definition) is 3. The molecule has 1 saturated heterocycles. The Labute approximate surface area is 107 Å². The van der Waals surface area contributed by atoms with Crippen molar-refractivity contribution in [3.8, 4) is 0 Å². The van der Waals surface area contributed by atoms with Crippen LogP contribution >= 0.6 is 0 Å². The maximum Gasteiger partial charge on any atom is 0.411 e. The van der Waals surface area contributed by atoms with E-state index in [1.54, 1.807) is 0 Å². The predicted octanol–water partition coefficient (Wildman–Crippen LogP) is 2.03. The molecule has 1 unspecified atom stereocenters. The Kier molecular flexibility index (Phi) is 5.88. The Hall–Kier alpha value is -0.330. The van der Waals surface area contributed by atoms with Gasteiger partial charge in [0.2, 0.25) is 0 Å². The fourth-order valence-electron chi connectivity index (χ4n) is 2.15. The van der Waals surface area contributed by atoms with E-state index >= 15 is 0 Å². The summed E-state index contributed by atoms with van der Waals surface area (Å²) in [5.74, 6) is 0. The van der Waals surface area contributed by atoms with Gasteiger partial charge in [-0.25, -0.2) is 0 Å². The molecule has 3 nitrogen and oxygen atoms in total. The highest BCUT2D eigenvalue weighted by molar-refractivity contribution is 4.89. The van der Waals surface area contributed by atoms with Crippen molar-refractivity contribution < 1.29 is 17.9 Å². The van der Waals surface area contributed by atoms with Crippen LogP contribution in [0.5, 0.6) is 0 Å². The average molecular weight is 268 g/mol. The largest absolute Gasteiger partial charge is 0.411 e. The third-order valence-corrected chi connectivity index (χ3v) is 3.36. The van der Waals surface area contributed by atoms with Crippen LogP contribution in [0.2, 0.25) is 0 Å². The summed E-state index contributed by atoms with van der Waals surface area (Å²) >= 11 is 0. The molecular weight excluding hydrogens is 245 g/mol. The molecule has 18 heavy (non-hydrogen) atoms. The lowest BCUT2D eigenvalue weighted by Crippen LogP contribution is -2.58. The molecule has 1 N–H and O–H groups in total. The van der Waals surface area contributed by atoms with Crippen molar-refractivity contribution in [2.24, 2.45) is 0 Å². The first kappa shape index (κ1) is 15.7. The van der Waals surface area contributed by atoms with Crippen LogP contribution in [-0.4, -0.2) is 56.0 Å². The third kappa shape index (κ3) is 6.02. The van der Waals surface area contributed by atoms with E-state index in [2.05, 4.69) is 28.8 Å². The molecule has 0 bridgehead atoms. The van der Waals surface area contributed by atoms with Gasteiger partial charge in [-0.15, -0.1) is 0 Å². The highest BCUT2D eigenvalue weighted by Gasteiger charge is 2.29. The van der Waals surface area contributed by atoms with Gasteiger partial charge >= 0.3 is 6.18 Å². The quantitative estimate of drug-likeness (QED) is 0.746. The predicted molar refractivity (Wildman–Crippen MR) is 64.6 cm³/mol. The number of hydrogen-bond donors (Lipinski definition) is 1. The molecule has 1 aliphatic heterocycles. The van der Waals surface area contributed by atoms with Crippen LogP contribution < -0.4 is 5.32 Å². The van der Waals surface area contributed by atoms with Crippen molar-refractivity contribution >= 4 is 0 Å². The summed E-state index contributed by atoms with van der Waals surface area (Å²) in [7, 11) is 0. The minimum Gasteiger partial charge on any atom is -0.372 e. The summed E-state index contributed by atoms with van der Waals surface area (Å²) in [5.41, 5.74) is 0.130. The zero-order chi connectivity index (χ0) is 13.6. The van der Waals surface area contributed by atoms with E-state index in [1.165, 1.54) is 0 Å². The molecule has 0 spiro atoms. The van der Waals surface area contributed by atoms with Gasteiger partial charge in [0.05, 0.1) is 0 Å². The van der Waals surface area contributed by atoms with E-state index in [4.69, 9.17) is 0 Å². The van der Waals surface area contributed by atoms with Crippen molar-refractivity contribution in [2.45, 2.75) is 38.4 Å². The van der Waals surface area contributed by atoms with Crippen LogP contribution in [0.25, 0.3) is 0 Å². The third-order valence-electron chi connectivity index (χ3n) is 3.36.